The molecule has 0 spiro atoms. The Bertz CT molecular complexity index is 536. The van der Waals surface area contributed by atoms with Crippen molar-refractivity contribution in [3.63, 3.8) is 0 Å². The molecular weight excluding hydrogens is 282 g/mol. The maximum absolute atomic E-state index is 6.02. The van der Waals surface area contributed by atoms with E-state index in [1.807, 2.05) is 50.2 Å². The minimum Gasteiger partial charge on any atom is -0.528 e. The Morgan fingerprint density at radius 3 is 1.63 bits per heavy atom. The quantitative estimate of drug-likeness (QED) is 0.781. The number of rotatable bonds is 4. The van der Waals surface area contributed by atoms with Gasteiger partial charge in [-0.2, -0.15) is 0 Å². The van der Waals surface area contributed by atoms with Gasteiger partial charge in [0.1, 0.15) is 11.5 Å². The third-order valence-electron chi connectivity index (χ3n) is 2.86. The standard InChI is InChI=1S/C14H13BCl2O2/c1-9-11(16)5-3-7-13(9)18-15-19-14-8-4-6-12(17)10(14)2/h3-8,15H,1-2H3. The predicted molar refractivity (Wildman–Crippen MR) is 80.8 cm³/mol. The lowest BCUT2D eigenvalue weighted by molar-refractivity contribution is 0.455. The first-order chi connectivity index (χ1) is 9.09. The fourth-order valence-electron chi connectivity index (χ4n) is 1.64. The third kappa shape index (κ3) is 3.37. The monoisotopic (exact) mass is 294 g/mol. The number of hydrogen-bond donors (Lipinski definition) is 0. The molecule has 0 radical (unpaired) electrons. The first-order valence-corrected chi connectivity index (χ1v) is 6.61. The van der Waals surface area contributed by atoms with E-state index in [1.165, 1.54) is 0 Å². The Hall–Kier alpha value is -1.32. The maximum atomic E-state index is 6.02. The Morgan fingerprint density at radius 1 is 0.789 bits per heavy atom. The predicted octanol–water partition coefficient (Wildman–Crippen LogP) is 4.33. The van der Waals surface area contributed by atoms with Crippen molar-refractivity contribution in [2.45, 2.75) is 13.8 Å². The van der Waals surface area contributed by atoms with Crippen LogP contribution in [-0.2, 0) is 0 Å². The molecular formula is C14H13BCl2O2. The van der Waals surface area contributed by atoms with Crippen LogP contribution in [0.2, 0.25) is 10.0 Å². The van der Waals surface area contributed by atoms with Crippen LogP contribution in [0.5, 0.6) is 11.5 Å². The van der Waals surface area contributed by atoms with Crippen LogP contribution in [0.1, 0.15) is 11.1 Å². The van der Waals surface area contributed by atoms with Crippen LogP contribution in [0, 0.1) is 13.8 Å². The highest BCUT2D eigenvalue weighted by atomic mass is 35.5. The van der Waals surface area contributed by atoms with E-state index in [9.17, 15) is 0 Å². The minimum absolute atomic E-state index is 0.113. The van der Waals surface area contributed by atoms with E-state index in [2.05, 4.69) is 0 Å². The summed E-state index contributed by atoms with van der Waals surface area (Å²) in [5.74, 6) is 1.43. The molecule has 0 unspecified atom stereocenters. The Kier molecular flexibility index (Phi) is 4.62. The Balaban J connectivity index is 2.00. The van der Waals surface area contributed by atoms with E-state index in [1.54, 1.807) is 0 Å². The van der Waals surface area contributed by atoms with Crippen molar-refractivity contribution >= 4 is 30.9 Å². The maximum Gasteiger partial charge on any atom is 0.576 e. The summed E-state index contributed by atoms with van der Waals surface area (Å²) in [6, 6.07) is 11.0. The van der Waals surface area contributed by atoms with Gasteiger partial charge in [0, 0.05) is 21.2 Å². The van der Waals surface area contributed by atoms with Crippen molar-refractivity contribution in [3.05, 3.63) is 57.6 Å². The van der Waals surface area contributed by atoms with Gasteiger partial charge in [-0.3, -0.25) is 0 Å². The summed E-state index contributed by atoms with van der Waals surface area (Å²) in [5, 5.41) is 1.35. The third-order valence-corrected chi connectivity index (χ3v) is 3.68. The molecule has 0 aliphatic carbocycles. The van der Waals surface area contributed by atoms with Crippen LogP contribution in [0.15, 0.2) is 36.4 Å². The SMILES string of the molecule is Cc1c(Cl)cccc1OBOc1cccc(Cl)c1C. The van der Waals surface area contributed by atoms with E-state index in [0.717, 1.165) is 11.1 Å². The van der Waals surface area contributed by atoms with Gasteiger partial charge in [-0.25, -0.2) is 0 Å². The van der Waals surface area contributed by atoms with E-state index in [0.29, 0.717) is 21.5 Å². The second-order valence-electron chi connectivity index (χ2n) is 4.13. The van der Waals surface area contributed by atoms with Gasteiger partial charge in [0.05, 0.1) is 0 Å². The summed E-state index contributed by atoms with van der Waals surface area (Å²) >= 11 is 12.0. The molecule has 0 atom stereocenters. The molecule has 2 rings (SSSR count). The molecule has 0 amide bonds. The number of halogens is 2. The molecule has 0 bridgehead atoms. The molecule has 2 aromatic rings. The zero-order valence-corrected chi connectivity index (χ0v) is 12.3. The first-order valence-electron chi connectivity index (χ1n) is 5.85. The average molecular weight is 295 g/mol. The number of hydrogen-bond acceptors (Lipinski definition) is 2. The fourth-order valence-corrected chi connectivity index (χ4v) is 1.98. The molecule has 0 saturated heterocycles. The molecule has 0 heterocycles. The summed E-state index contributed by atoms with van der Waals surface area (Å²) in [4.78, 5) is 0. The fraction of sp³-hybridized carbons (Fsp3) is 0.143. The lowest BCUT2D eigenvalue weighted by Gasteiger charge is -2.12. The summed E-state index contributed by atoms with van der Waals surface area (Å²) in [5.41, 5.74) is 1.80. The summed E-state index contributed by atoms with van der Waals surface area (Å²) in [6.45, 7) is 3.81. The molecule has 19 heavy (non-hydrogen) atoms. The largest absolute Gasteiger partial charge is 0.576 e. The molecule has 98 valence electrons. The van der Waals surface area contributed by atoms with Gasteiger partial charge in [0.15, 0.2) is 0 Å². The van der Waals surface area contributed by atoms with Crippen LogP contribution in [0.3, 0.4) is 0 Å². The van der Waals surface area contributed by atoms with Gasteiger partial charge in [-0.15, -0.1) is 0 Å². The van der Waals surface area contributed by atoms with E-state index in [4.69, 9.17) is 32.5 Å². The highest BCUT2D eigenvalue weighted by Crippen LogP contribution is 2.26. The second-order valence-corrected chi connectivity index (χ2v) is 4.95. The van der Waals surface area contributed by atoms with Crippen LogP contribution < -0.4 is 9.31 Å². The van der Waals surface area contributed by atoms with Crippen LogP contribution >= 0.6 is 23.2 Å². The smallest absolute Gasteiger partial charge is 0.528 e. The van der Waals surface area contributed by atoms with Gasteiger partial charge in [-0.05, 0) is 38.1 Å². The highest BCUT2D eigenvalue weighted by molar-refractivity contribution is 6.32. The van der Waals surface area contributed by atoms with Gasteiger partial charge in [0.2, 0.25) is 0 Å². The van der Waals surface area contributed by atoms with Gasteiger partial charge >= 0.3 is 7.69 Å². The average Bonchev–Trinajstić information content (AvgIpc) is 2.39. The zero-order chi connectivity index (χ0) is 13.8. The minimum atomic E-state index is 0.113. The Labute approximate surface area is 123 Å². The molecule has 0 aliphatic heterocycles. The van der Waals surface area contributed by atoms with E-state index in [-0.39, 0.29) is 7.69 Å². The summed E-state index contributed by atoms with van der Waals surface area (Å²) < 4.78 is 11.1. The molecule has 5 heteroatoms. The normalized spacial score (nSPS) is 10.1. The summed E-state index contributed by atoms with van der Waals surface area (Å²) in [6.07, 6.45) is 0. The van der Waals surface area contributed by atoms with Crippen LogP contribution in [-0.4, -0.2) is 7.69 Å². The van der Waals surface area contributed by atoms with Crippen LogP contribution in [0.25, 0.3) is 0 Å². The molecule has 0 fully saturated rings. The highest BCUT2D eigenvalue weighted by Gasteiger charge is 2.07. The molecule has 2 nitrogen and oxygen atoms in total. The number of benzene rings is 2. The molecule has 0 aliphatic rings. The van der Waals surface area contributed by atoms with Crippen molar-refractivity contribution in [2.24, 2.45) is 0 Å². The molecule has 0 saturated carbocycles. The van der Waals surface area contributed by atoms with Crippen molar-refractivity contribution < 1.29 is 9.31 Å². The van der Waals surface area contributed by atoms with Crippen molar-refractivity contribution in [2.75, 3.05) is 0 Å². The van der Waals surface area contributed by atoms with Gasteiger partial charge < -0.3 is 9.31 Å². The van der Waals surface area contributed by atoms with Crippen molar-refractivity contribution in [1.82, 2.24) is 0 Å². The topological polar surface area (TPSA) is 18.5 Å². The lowest BCUT2D eigenvalue weighted by Crippen LogP contribution is -2.12. The molecule has 0 N–H and O–H groups in total. The zero-order valence-electron chi connectivity index (χ0n) is 10.7. The van der Waals surface area contributed by atoms with Crippen LogP contribution in [0.4, 0.5) is 0 Å². The van der Waals surface area contributed by atoms with Crippen molar-refractivity contribution in [1.29, 1.82) is 0 Å². The molecule has 0 aromatic heterocycles. The second kappa shape index (κ2) is 6.22. The van der Waals surface area contributed by atoms with Gasteiger partial charge in [0.25, 0.3) is 0 Å². The van der Waals surface area contributed by atoms with E-state index >= 15 is 0 Å². The first kappa shape index (κ1) is 14.1. The van der Waals surface area contributed by atoms with Crippen molar-refractivity contribution in [3.8, 4) is 11.5 Å². The lowest BCUT2D eigenvalue weighted by atomic mass is 10.2. The van der Waals surface area contributed by atoms with Gasteiger partial charge in [-0.1, -0.05) is 35.3 Å². The molecule has 2 aromatic carbocycles. The Morgan fingerprint density at radius 2 is 1.21 bits per heavy atom. The van der Waals surface area contributed by atoms with E-state index < -0.39 is 0 Å². The summed E-state index contributed by atoms with van der Waals surface area (Å²) in [7, 11) is 0.113.